The van der Waals surface area contributed by atoms with Gasteiger partial charge in [-0.3, -0.25) is 9.89 Å². The fourth-order valence-electron chi connectivity index (χ4n) is 2.05. The van der Waals surface area contributed by atoms with Crippen LogP contribution in [0, 0.1) is 5.92 Å². The van der Waals surface area contributed by atoms with Crippen LogP contribution in [0.5, 0.6) is 0 Å². The van der Waals surface area contributed by atoms with E-state index in [1.54, 1.807) is 18.3 Å². The van der Waals surface area contributed by atoms with Crippen LogP contribution in [0.4, 0.5) is 0 Å². The fraction of sp³-hybridized carbons (Fsp3) is 0.429. The summed E-state index contributed by atoms with van der Waals surface area (Å²) >= 11 is 0. The van der Waals surface area contributed by atoms with Crippen molar-refractivity contribution in [3.63, 3.8) is 0 Å². The zero-order valence-corrected chi connectivity index (χ0v) is 11.0. The van der Waals surface area contributed by atoms with Crippen molar-refractivity contribution >= 4 is 16.8 Å². The van der Waals surface area contributed by atoms with Gasteiger partial charge in [-0.05, 0) is 24.5 Å². The van der Waals surface area contributed by atoms with Gasteiger partial charge in [0.25, 0.3) is 5.91 Å². The SMILES string of the molecule is CCC(CCO)CNC(=O)c1ccc2cn[nH]c2c1. The summed E-state index contributed by atoms with van der Waals surface area (Å²) in [7, 11) is 0. The molecule has 2 rings (SSSR count). The van der Waals surface area contributed by atoms with Crippen LogP contribution in [-0.4, -0.2) is 34.4 Å². The molecule has 1 heterocycles. The molecule has 0 aliphatic rings. The average molecular weight is 261 g/mol. The first-order valence-corrected chi connectivity index (χ1v) is 6.56. The second-order valence-corrected chi connectivity index (χ2v) is 4.67. The Morgan fingerprint density at radius 2 is 2.37 bits per heavy atom. The van der Waals surface area contributed by atoms with Crippen molar-refractivity contribution in [1.29, 1.82) is 0 Å². The van der Waals surface area contributed by atoms with Crippen molar-refractivity contribution < 1.29 is 9.90 Å². The molecule has 5 heteroatoms. The molecule has 19 heavy (non-hydrogen) atoms. The number of carbonyl (C=O) groups is 1. The van der Waals surface area contributed by atoms with E-state index in [-0.39, 0.29) is 12.5 Å². The zero-order chi connectivity index (χ0) is 13.7. The number of hydrogen-bond donors (Lipinski definition) is 3. The topological polar surface area (TPSA) is 78.0 Å². The van der Waals surface area contributed by atoms with E-state index in [2.05, 4.69) is 22.4 Å². The third-order valence-electron chi connectivity index (χ3n) is 3.37. The highest BCUT2D eigenvalue weighted by Gasteiger charge is 2.10. The number of amides is 1. The number of aliphatic hydroxyl groups excluding tert-OH is 1. The molecule has 0 saturated heterocycles. The monoisotopic (exact) mass is 261 g/mol. The molecule has 1 aromatic heterocycles. The number of aromatic nitrogens is 2. The van der Waals surface area contributed by atoms with Crippen molar-refractivity contribution in [2.45, 2.75) is 19.8 Å². The summed E-state index contributed by atoms with van der Waals surface area (Å²) in [6.07, 6.45) is 3.39. The van der Waals surface area contributed by atoms with Gasteiger partial charge in [-0.1, -0.05) is 19.4 Å². The molecule has 3 N–H and O–H groups in total. The summed E-state index contributed by atoms with van der Waals surface area (Å²) in [6.45, 7) is 2.81. The number of carbonyl (C=O) groups excluding carboxylic acids is 1. The molecule has 0 aliphatic heterocycles. The summed E-state index contributed by atoms with van der Waals surface area (Å²) in [4.78, 5) is 12.0. The lowest BCUT2D eigenvalue weighted by molar-refractivity contribution is 0.0943. The Kier molecular flexibility index (Phi) is 4.52. The maximum atomic E-state index is 12.0. The first-order chi connectivity index (χ1) is 9.24. The van der Waals surface area contributed by atoms with Crippen molar-refractivity contribution in [2.24, 2.45) is 5.92 Å². The normalized spacial score (nSPS) is 12.5. The number of aliphatic hydroxyl groups is 1. The number of benzene rings is 1. The summed E-state index contributed by atoms with van der Waals surface area (Å²) in [5.74, 6) is 0.234. The van der Waals surface area contributed by atoms with E-state index in [4.69, 9.17) is 5.11 Å². The standard InChI is InChI=1S/C14H19N3O2/c1-2-10(5-6-18)8-15-14(19)11-3-4-12-9-16-17-13(12)7-11/h3-4,7,9-10,18H,2,5-6,8H2,1H3,(H,15,19)(H,16,17). The van der Waals surface area contributed by atoms with Gasteiger partial charge in [0.05, 0.1) is 11.7 Å². The zero-order valence-electron chi connectivity index (χ0n) is 11.0. The van der Waals surface area contributed by atoms with E-state index >= 15 is 0 Å². The molecule has 1 aromatic carbocycles. The maximum Gasteiger partial charge on any atom is 0.251 e. The molecule has 2 aromatic rings. The van der Waals surface area contributed by atoms with Crippen LogP contribution in [0.15, 0.2) is 24.4 Å². The summed E-state index contributed by atoms with van der Waals surface area (Å²) < 4.78 is 0. The lowest BCUT2D eigenvalue weighted by Crippen LogP contribution is -2.29. The quantitative estimate of drug-likeness (QED) is 0.740. The number of nitrogens with zero attached hydrogens (tertiary/aromatic N) is 1. The van der Waals surface area contributed by atoms with E-state index in [9.17, 15) is 4.79 Å². The van der Waals surface area contributed by atoms with Gasteiger partial charge >= 0.3 is 0 Å². The fourth-order valence-corrected chi connectivity index (χ4v) is 2.05. The van der Waals surface area contributed by atoms with Gasteiger partial charge in [0.1, 0.15) is 0 Å². The van der Waals surface area contributed by atoms with E-state index in [1.165, 1.54) is 0 Å². The molecule has 0 fully saturated rings. The molecule has 0 saturated carbocycles. The highest BCUT2D eigenvalue weighted by Crippen LogP contribution is 2.13. The van der Waals surface area contributed by atoms with Crippen LogP contribution in [0.25, 0.3) is 10.9 Å². The Balaban J connectivity index is 1.98. The van der Waals surface area contributed by atoms with Crippen LogP contribution < -0.4 is 5.32 Å². The van der Waals surface area contributed by atoms with Gasteiger partial charge in [0.15, 0.2) is 0 Å². The number of aromatic amines is 1. The van der Waals surface area contributed by atoms with Gasteiger partial charge in [-0.2, -0.15) is 5.10 Å². The molecule has 0 bridgehead atoms. The minimum atomic E-state index is -0.0899. The maximum absolute atomic E-state index is 12.0. The van der Waals surface area contributed by atoms with E-state index in [0.29, 0.717) is 18.0 Å². The molecular weight excluding hydrogens is 242 g/mol. The van der Waals surface area contributed by atoms with Crippen LogP contribution in [0.3, 0.4) is 0 Å². The van der Waals surface area contributed by atoms with Gasteiger partial charge in [0.2, 0.25) is 0 Å². The predicted octanol–water partition coefficient (Wildman–Crippen LogP) is 1.70. The Hall–Kier alpha value is -1.88. The smallest absolute Gasteiger partial charge is 0.251 e. The summed E-state index contributed by atoms with van der Waals surface area (Å²) in [5, 5.41) is 19.6. The molecule has 0 aliphatic carbocycles. The molecule has 5 nitrogen and oxygen atoms in total. The Bertz CT molecular complexity index is 550. The van der Waals surface area contributed by atoms with Crippen molar-refractivity contribution in [2.75, 3.05) is 13.2 Å². The largest absolute Gasteiger partial charge is 0.396 e. The minimum Gasteiger partial charge on any atom is -0.396 e. The van der Waals surface area contributed by atoms with E-state index in [0.717, 1.165) is 23.7 Å². The molecule has 0 spiro atoms. The van der Waals surface area contributed by atoms with E-state index in [1.807, 2.05) is 6.07 Å². The minimum absolute atomic E-state index is 0.0899. The van der Waals surface area contributed by atoms with E-state index < -0.39 is 0 Å². The number of nitrogens with one attached hydrogen (secondary N) is 2. The third kappa shape index (κ3) is 3.32. The Morgan fingerprint density at radius 3 is 3.11 bits per heavy atom. The van der Waals surface area contributed by atoms with Gasteiger partial charge in [0, 0.05) is 24.1 Å². The van der Waals surface area contributed by atoms with Crippen LogP contribution in [-0.2, 0) is 0 Å². The van der Waals surface area contributed by atoms with Crippen LogP contribution in [0.2, 0.25) is 0 Å². The summed E-state index contributed by atoms with van der Waals surface area (Å²) in [5.41, 5.74) is 1.48. The first kappa shape index (κ1) is 13.5. The number of hydrogen-bond acceptors (Lipinski definition) is 3. The lowest BCUT2D eigenvalue weighted by Gasteiger charge is -2.14. The Labute approximate surface area is 112 Å². The second kappa shape index (κ2) is 6.33. The third-order valence-corrected chi connectivity index (χ3v) is 3.37. The molecule has 1 atom stereocenters. The number of H-pyrrole nitrogens is 1. The van der Waals surface area contributed by atoms with Crippen molar-refractivity contribution in [3.05, 3.63) is 30.0 Å². The highest BCUT2D eigenvalue weighted by atomic mass is 16.3. The van der Waals surface area contributed by atoms with Gasteiger partial charge in [-0.25, -0.2) is 0 Å². The van der Waals surface area contributed by atoms with Gasteiger partial charge < -0.3 is 10.4 Å². The predicted molar refractivity (Wildman–Crippen MR) is 73.9 cm³/mol. The second-order valence-electron chi connectivity index (χ2n) is 4.67. The molecule has 102 valence electrons. The first-order valence-electron chi connectivity index (χ1n) is 6.56. The number of rotatable bonds is 6. The molecular formula is C14H19N3O2. The van der Waals surface area contributed by atoms with Crippen molar-refractivity contribution in [3.8, 4) is 0 Å². The molecule has 1 unspecified atom stereocenters. The number of fused-ring (bicyclic) bond motifs is 1. The van der Waals surface area contributed by atoms with Crippen LogP contribution >= 0.6 is 0 Å². The van der Waals surface area contributed by atoms with Gasteiger partial charge in [-0.15, -0.1) is 0 Å². The highest BCUT2D eigenvalue weighted by molar-refractivity contribution is 5.97. The average Bonchev–Trinajstić information content (AvgIpc) is 2.90. The summed E-state index contributed by atoms with van der Waals surface area (Å²) in [6, 6.07) is 5.46. The molecule has 0 radical (unpaired) electrons. The molecule has 1 amide bonds. The van der Waals surface area contributed by atoms with Crippen molar-refractivity contribution in [1.82, 2.24) is 15.5 Å². The Morgan fingerprint density at radius 1 is 1.53 bits per heavy atom. The van der Waals surface area contributed by atoms with Crippen LogP contribution in [0.1, 0.15) is 30.1 Å². The lowest BCUT2D eigenvalue weighted by atomic mass is 10.0.